The summed E-state index contributed by atoms with van der Waals surface area (Å²) in [7, 11) is 0. The van der Waals surface area contributed by atoms with Gasteiger partial charge in [0, 0.05) is 32.6 Å². The molecule has 15 heavy (non-hydrogen) atoms. The minimum atomic E-state index is -0.722. The zero-order valence-electron chi connectivity index (χ0n) is 8.89. The van der Waals surface area contributed by atoms with Crippen molar-refractivity contribution in [2.75, 3.05) is 32.7 Å². The summed E-state index contributed by atoms with van der Waals surface area (Å²) in [5.41, 5.74) is 0. The number of carbonyl (C=O) groups is 2. The molecule has 0 aliphatic carbocycles. The van der Waals surface area contributed by atoms with Crippen LogP contribution < -0.4 is 0 Å². The molecule has 5 nitrogen and oxygen atoms in total. The highest BCUT2D eigenvalue weighted by Crippen LogP contribution is 2.03. The van der Waals surface area contributed by atoms with Gasteiger partial charge < -0.3 is 10.0 Å². The monoisotopic (exact) mass is 214 g/mol. The SMILES string of the molecule is O=CN1CCN(CCCCC(=O)O)CC1. The van der Waals surface area contributed by atoms with Crippen molar-refractivity contribution in [3.05, 3.63) is 0 Å². The van der Waals surface area contributed by atoms with Crippen molar-refractivity contribution in [1.29, 1.82) is 0 Å². The fraction of sp³-hybridized carbons (Fsp3) is 0.800. The summed E-state index contributed by atoms with van der Waals surface area (Å²) in [5, 5.41) is 8.46. The van der Waals surface area contributed by atoms with Crippen molar-refractivity contribution < 1.29 is 14.7 Å². The maximum absolute atomic E-state index is 10.4. The van der Waals surface area contributed by atoms with Crippen molar-refractivity contribution in [3.63, 3.8) is 0 Å². The van der Waals surface area contributed by atoms with Gasteiger partial charge in [-0.15, -0.1) is 0 Å². The Morgan fingerprint density at radius 3 is 2.40 bits per heavy atom. The molecule has 0 aromatic rings. The summed E-state index contributed by atoms with van der Waals surface area (Å²) in [6.45, 7) is 4.35. The van der Waals surface area contributed by atoms with Gasteiger partial charge in [-0.3, -0.25) is 14.5 Å². The molecule has 1 saturated heterocycles. The van der Waals surface area contributed by atoms with E-state index in [1.807, 2.05) is 0 Å². The lowest BCUT2D eigenvalue weighted by atomic mass is 10.2. The summed E-state index contributed by atoms with van der Waals surface area (Å²) in [6.07, 6.45) is 2.81. The third-order valence-corrected chi connectivity index (χ3v) is 2.67. The normalized spacial score (nSPS) is 17.7. The lowest BCUT2D eigenvalue weighted by Crippen LogP contribution is -2.45. The van der Waals surface area contributed by atoms with E-state index in [2.05, 4.69) is 4.90 Å². The van der Waals surface area contributed by atoms with Crippen molar-refractivity contribution in [1.82, 2.24) is 9.80 Å². The van der Waals surface area contributed by atoms with Crippen molar-refractivity contribution in [2.24, 2.45) is 0 Å². The molecule has 1 aliphatic heterocycles. The summed E-state index contributed by atoms with van der Waals surface area (Å²) in [5.74, 6) is -0.722. The number of rotatable bonds is 6. The second kappa shape index (κ2) is 6.40. The highest BCUT2D eigenvalue weighted by molar-refractivity contribution is 5.66. The number of hydrogen-bond donors (Lipinski definition) is 1. The molecule has 1 amide bonds. The lowest BCUT2D eigenvalue weighted by Gasteiger charge is -2.32. The van der Waals surface area contributed by atoms with E-state index in [9.17, 15) is 9.59 Å². The van der Waals surface area contributed by atoms with Crippen LogP contribution in [0, 0.1) is 0 Å². The molecule has 0 aromatic carbocycles. The summed E-state index contributed by atoms with van der Waals surface area (Å²) in [4.78, 5) is 24.8. The molecule has 0 spiro atoms. The van der Waals surface area contributed by atoms with Crippen LogP contribution >= 0.6 is 0 Å². The van der Waals surface area contributed by atoms with E-state index in [-0.39, 0.29) is 6.42 Å². The van der Waals surface area contributed by atoms with E-state index in [4.69, 9.17) is 5.11 Å². The number of carboxylic acid groups (broad SMARTS) is 1. The standard InChI is InChI=1S/C10H18N2O3/c13-9-12-7-5-11(6-8-12)4-2-1-3-10(14)15/h9H,1-8H2,(H,14,15). The van der Waals surface area contributed by atoms with Gasteiger partial charge >= 0.3 is 5.97 Å². The summed E-state index contributed by atoms with van der Waals surface area (Å²) in [6, 6.07) is 0. The summed E-state index contributed by atoms with van der Waals surface area (Å²) < 4.78 is 0. The van der Waals surface area contributed by atoms with E-state index < -0.39 is 5.97 Å². The Morgan fingerprint density at radius 1 is 1.20 bits per heavy atom. The second-order valence-corrected chi connectivity index (χ2v) is 3.83. The minimum Gasteiger partial charge on any atom is -0.481 e. The molecule has 1 heterocycles. The maximum Gasteiger partial charge on any atom is 0.303 e. The lowest BCUT2D eigenvalue weighted by molar-refractivity contribution is -0.137. The second-order valence-electron chi connectivity index (χ2n) is 3.83. The Morgan fingerprint density at radius 2 is 1.87 bits per heavy atom. The Bertz CT molecular complexity index is 213. The average molecular weight is 214 g/mol. The third-order valence-electron chi connectivity index (χ3n) is 2.67. The first kappa shape index (κ1) is 12.0. The molecule has 0 radical (unpaired) electrons. The number of amides is 1. The fourth-order valence-electron chi connectivity index (χ4n) is 1.70. The Hall–Kier alpha value is -1.10. The molecule has 0 unspecified atom stereocenters. The predicted molar refractivity (Wildman–Crippen MR) is 55.6 cm³/mol. The first-order valence-corrected chi connectivity index (χ1v) is 5.36. The number of nitrogens with zero attached hydrogens (tertiary/aromatic N) is 2. The van der Waals surface area contributed by atoms with Gasteiger partial charge in [0.25, 0.3) is 0 Å². The van der Waals surface area contributed by atoms with Gasteiger partial charge in [0.05, 0.1) is 0 Å². The van der Waals surface area contributed by atoms with E-state index in [1.54, 1.807) is 4.90 Å². The van der Waals surface area contributed by atoms with Crippen LogP contribution in [0.25, 0.3) is 0 Å². The number of aliphatic carboxylic acids is 1. The van der Waals surface area contributed by atoms with E-state index in [0.29, 0.717) is 0 Å². The molecule has 1 N–H and O–H groups in total. The van der Waals surface area contributed by atoms with Crippen LogP contribution in [0.4, 0.5) is 0 Å². The third kappa shape index (κ3) is 4.78. The van der Waals surface area contributed by atoms with Gasteiger partial charge in [-0.2, -0.15) is 0 Å². The van der Waals surface area contributed by atoms with Gasteiger partial charge in [0.2, 0.25) is 6.41 Å². The topological polar surface area (TPSA) is 60.9 Å². The van der Waals surface area contributed by atoms with Gasteiger partial charge in [0.15, 0.2) is 0 Å². The molecular weight excluding hydrogens is 196 g/mol. The molecule has 1 fully saturated rings. The molecule has 5 heteroatoms. The molecule has 1 aliphatic rings. The van der Waals surface area contributed by atoms with Crippen LogP contribution in [0.1, 0.15) is 19.3 Å². The molecule has 0 aromatic heterocycles. The first-order valence-electron chi connectivity index (χ1n) is 5.36. The average Bonchev–Trinajstić information content (AvgIpc) is 2.25. The quantitative estimate of drug-likeness (QED) is 0.500. The highest BCUT2D eigenvalue weighted by atomic mass is 16.4. The highest BCUT2D eigenvalue weighted by Gasteiger charge is 2.14. The Kier molecular flexibility index (Phi) is 5.10. The maximum atomic E-state index is 10.4. The van der Waals surface area contributed by atoms with Crippen molar-refractivity contribution in [2.45, 2.75) is 19.3 Å². The Balaban J connectivity index is 2.03. The van der Waals surface area contributed by atoms with Crippen LogP contribution in [0.5, 0.6) is 0 Å². The van der Waals surface area contributed by atoms with Crippen molar-refractivity contribution >= 4 is 12.4 Å². The first-order chi connectivity index (χ1) is 7.22. The van der Waals surface area contributed by atoms with Crippen LogP contribution in [0.15, 0.2) is 0 Å². The van der Waals surface area contributed by atoms with E-state index >= 15 is 0 Å². The predicted octanol–water partition coefficient (Wildman–Crippen LogP) is 0.0153. The smallest absolute Gasteiger partial charge is 0.303 e. The number of carbonyl (C=O) groups excluding carboxylic acids is 1. The Labute approximate surface area is 89.7 Å². The molecule has 86 valence electrons. The van der Waals surface area contributed by atoms with Crippen LogP contribution in [-0.2, 0) is 9.59 Å². The molecule has 0 atom stereocenters. The molecule has 0 saturated carbocycles. The molecule has 1 rings (SSSR count). The number of unbranched alkanes of at least 4 members (excludes halogenated alkanes) is 1. The van der Waals surface area contributed by atoms with Gasteiger partial charge in [0.1, 0.15) is 0 Å². The number of hydrogen-bond acceptors (Lipinski definition) is 3. The van der Waals surface area contributed by atoms with Crippen LogP contribution in [-0.4, -0.2) is 60.0 Å². The van der Waals surface area contributed by atoms with Crippen molar-refractivity contribution in [3.8, 4) is 0 Å². The molecular formula is C10H18N2O3. The summed E-state index contributed by atoms with van der Waals surface area (Å²) >= 11 is 0. The van der Waals surface area contributed by atoms with E-state index in [1.165, 1.54) is 0 Å². The zero-order chi connectivity index (χ0) is 11.1. The van der Waals surface area contributed by atoms with Gasteiger partial charge in [-0.25, -0.2) is 0 Å². The zero-order valence-corrected chi connectivity index (χ0v) is 8.89. The minimum absolute atomic E-state index is 0.258. The van der Waals surface area contributed by atoms with Crippen LogP contribution in [0.2, 0.25) is 0 Å². The van der Waals surface area contributed by atoms with E-state index in [0.717, 1.165) is 52.0 Å². The number of piperazine rings is 1. The molecule has 0 bridgehead atoms. The van der Waals surface area contributed by atoms with Gasteiger partial charge in [-0.05, 0) is 19.4 Å². The van der Waals surface area contributed by atoms with Crippen LogP contribution in [0.3, 0.4) is 0 Å². The van der Waals surface area contributed by atoms with Gasteiger partial charge in [-0.1, -0.05) is 0 Å². The number of carboxylic acids is 1. The fourth-order valence-corrected chi connectivity index (χ4v) is 1.70. The largest absolute Gasteiger partial charge is 0.481 e.